The average molecular weight is 323 g/mol. The van der Waals surface area contributed by atoms with Crippen molar-refractivity contribution < 1.29 is 9.67 Å². The van der Waals surface area contributed by atoms with Crippen LogP contribution in [-0.2, 0) is 17.3 Å². The van der Waals surface area contributed by atoms with Crippen LogP contribution in [0.1, 0.15) is 11.4 Å². The number of hydrogen-bond donors (Lipinski definition) is 1. The number of aliphatic hydroxyl groups is 1. The summed E-state index contributed by atoms with van der Waals surface area (Å²) in [6.45, 7) is -0.116. The van der Waals surface area contributed by atoms with Gasteiger partial charge >= 0.3 is 0 Å². The van der Waals surface area contributed by atoms with Crippen LogP contribution in [0.2, 0.25) is 0 Å². The summed E-state index contributed by atoms with van der Waals surface area (Å²) in [5, 5.41) is 10.9. The summed E-state index contributed by atoms with van der Waals surface area (Å²) >= 11 is 0. The van der Waals surface area contributed by atoms with Crippen LogP contribution < -0.4 is 10.6 Å². The molecule has 4 heteroatoms. The number of benzene rings is 2. The molecule has 23 heavy (non-hydrogen) atoms. The summed E-state index contributed by atoms with van der Waals surface area (Å²) in [4.78, 5) is 4.41. The van der Waals surface area contributed by atoms with Crippen molar-refractivity contribution in [2.45, 2.75) is 12.8 Å². The van der Waals surface area contributed by atoms with Gasteiger partial charge in [-0.25, -0.2) is 0 Å². The van der Waals surface area contributed by atoms with E-state index < -0.39 is 7.14 Å². The molecule has 0 aliphatic rings. The molecule has 116 valence electrons. The molecule has 0 atom stereocenters. The van der Waals surface area contributed by atoms with Gasteiger partial charge in [0.05, 0.1) is 18.5 Å². The number of nitrogens with zero attached hydrogens (tertiary/aromatic N) is 1. The monoisotopic (exact) mass is 323 g/mol. The first kappa shape index (κ1) is 15.7. The molecule has 1 aromatic heterocycles. The molecule has 1 heterocycles. The van der Waals surface area contributed by atoms with Crippen LogP contribution in [0.25, 0.3) is 0 Å². The SMILES string of the molecule is O=P(Cc1cccc(CO)n1)(c1ccccc1)c1ccccc1. The molecule has 3 nitrogen and oxygen atoms in total. The van der Waals surface area contributed by atoms with Gasteiger partial charge in [0.1, 0.15) is 7.14 Å². The topological polar surface area (TPSA) is 50.2 Å². The first-order valence-electron chi connectivity index (χ1n) is 7.48. The highest BCUT2D eigenvalue weighted by atomic mass is 31.2. The van der Waals surface area contributed by atoms with Crippen LogP contribution in [0.15, 0.2) is 78.9 Å². The fraction of sp³-hybridized carbons (Fsp3) is 0.105. The number of rotatable bonds is 5. The molecule has 0 spiro atoms. The molecule has 1 N–H and O–H groups in total. The third-order valence-corrected chi connectivity index (χ3v) is 6.79. The zero-order chi connectivity index (χ0) is 16.1. The second kappa shape index (κ2) is 6.91. The molecule has 0 saturated heterocycles. The number of pyridine rings is 1. The smallest absolute Gasteiger partial charge is 0.148 e. The van der Waals surface area contributed by atoms with Crippen molar-refractivity contribution in [1.29, 1.82) is 0 Å². The van der Waals surface area contributed by atoms with Crippen LogP contribution >= 0.6 is 7.14 Å². The second-order valence-electron chi connectivity index (χ2n) is 5.35. The maximum absolute atomic E-state index is 13.9. The standard InChI is InChI=1S/C19H18NO2P/c21-14-16-8-7-9-17(20-16)15-23(22,18-10-3-1-4-11-18)19-12-5-2-6-13-19/h1-13,21H,14-15H2. The summed E-state index contributed by atoms with van der Waals surface area (Å²) in [5.41, 5.74) is 1.32. The minimum atomic E-state index is -2.82. The Hall–Kier alpha value is -2.22. The lowest BCUT2D eigenvalue weighted by Gasteiger charge is -2.19. The Morgan fingerprint density at radius 2 is 1.26 bits per heavy atom. The first-order valence-corrected chi connectivity index (χ1v) is 9.37. The van der Waals surface area contributed by atoms with Crippen molar-refractivity contribution in [3.05, 3.63) is 90.3 Å². The zero-order valence-corrected chi connectivity index (χ0v) is 13.6. The van der Waals surface area contributed by atoms with Gasteiger partial charge in [0.2, 0.25) is 0 Å². The highest BCUT2D eigenvalue weighted by Crippen LogP contribution is 2.46. The molecule has 0 fully saturated rings. The summed E-state index contributed by atoms with van der Waals surface area (Å²) in [5.74, 6) is 0. The quantitative estimate of drug-likeness (QED) is 0.734. The van der Waals surface area contributed by atoms with Crippen molar-refractivity contribution in [2.75, 3.05) is 0 Å². The Labute approximate surface area is 136 Å². The van der Waals surface area contributed by atoms with Gasteiger partial charge in [0.15, 0.2) is 0 Å². The van der Waals surface area contributed by atoms with E-state index in [-0.39, 0.29) is 6.61 Å². The summed E-state index contributed by atoms with van der Waals surface area (Å²) in [6.07, 6.45) is 0.342. The van der Waals surface area contributed by atoms with Crippen molar-refractivity contribution in [3.8, 4) is 0 Å². The Kier molecular flexibility index (Phi) is 4.71. The van der Waals surface area contributed by atoms with E-state index in [1.807, 2.05) is 72.8 Å². The van der Waals surface area contributed by atoms with Crippen molar-refractivity contribution >= 4 is 17.8 Å². The van der Waals surface area contributed by atoms with Crippen LogP contribution in [0.4, 0.5) is 0 Å². The summed E-state index contributed by atoms with van der Waals surface area (Å²) in [6, 6.07) is 24.6. The molecule has 0 unspecified atom stereocenters. The average Bonchev–Trinajstić information content (AvgIpc) is 2.63. The van der Waals surface area contributed by atoms with Crippen LogP contribution in [0.3, 0.4) is 0 Å². The molecule has 0 aliphatic heterocycles. The lowest BCUT2D eigenvalue weighted by Crippen LogP contribution is -2.18. The molecular weight excluding hydrogens is 305 g/mol. The van der Waals surface area contributed by atoms with Crippen molar-refractivity contribution in [1.82, 2.24) is 4.98 Å². The molecule has 0 bridgehead atoms. The predicted octanol–water partition coefficient (Wildman–Crippen LogP) is 3.09. The van der Waals surface area contributed by atoms with Gasteiger partial charge in [0, 0.05) is 16.3 Å². The number of aliphatic hydroxyl groups excluding tert-OH is 1. The summed E-state index contributed by atoms with van der Waals surface area (Å²) < 4.78 is 13.9. The fourth-order valence-corrected chi connectivity index (χ4v) is 5.21. The van der Waals surface area contributed by atoms with Gasteiger partial charge in [0.25, 0.3) is 0 Å². The van der Waals surface area contributed by atoms with E-state index in [0.717, 1.165) is 16.3 Å². The molecule has 3 aromatic rings. The highest BCUT2D eigenvalue weighted by molar-refractivity contribution is 7.78. The van der Waals surface area contributed by atoms with E-state index in [0.29, 0.717) is 11.9 Å². The maximum atomic E-state index is 13.9. The van der Waals surface area contributed by atoms with Crippen LogP contribution in [-0.4, -0.2) is 10.1 Å². The molecular formula is C19H18NO2P. The normalized spacial score (nSPS) is 11.3. The van der Waals surface area contributed by atoms with E-state index in [1.54, 1.807) is 6.07 Å². The minimum Gasteiger partial charge on any atom is -0.390 e. The van der Waals surface area contributed by atoms with Gasteiger partial charge in [-0.05, 0) is 12.1 Å². The Balaban J connectivity index is 2.08. The molecule has 0 saturated carbocycles. The Bertz CT molecular complexity index is 776. The predicted molar refractivity (Wildman–Crippen MR) is 93.6 cm³/mol. The van der Waals surface area contributed by atoms with E-state index in [1.165, 1.54) is 0 Å². The van der Waals surface area contributed by atoms with Gasteiger partial charge < -0.3 is 9.67 Å². The van der Waals surface area contributed by atoms with Crippen LogP contribution in [0, 0.1) is 0 Å². The lowest BCUT2D eigenvalue weighted by molar-refractivity contribution is 0.276. The second-order valence-corrected chi connectivity index (χ2v) is 8.18. The lowest BCUT2D eigenvalue weighted by atomic mass is 10.3. The van der Waals surface area contributed by atoms with Crippen molar-refractivity contribution in [2.24, 2.45) is 0 Å². The van der Waals surface area contributed by atoms with Gasteiger partial charge in [-0.1, -0.05) is 66.7 Å². The summed E-state index contributed by atoms with van der Waals surface area (Å²) in [7, 11) is -2.82. The van der Waals surface area contributed by atoms with E-state index in [2.05, 4.69) is 4.98 Å². The fourth-order valence-electron chi connectivity index (χ4n) is 2.60. The highest BCUT2D eigenvalue weighted by Gasteiger charge is 2.28. The first-order chi connectivity index (χ1) is 11.2. The molecule has 0 radical (unpaired) electrons. The molecule has 0 aliphatic carbocycles. The third-order valence-electron chi connectivity index (χ3n) is 3.76. The van der Waals surface area contributed by atoms with E-state index in [4.69, 9.17) is 0 Å². The van der Waals surface area contributed by atoms with Gasteiger partial charge in [-0.3, -0.25) is 4.98 Å². The van der Waals surface area contributed by atoms with Gasteiger partial charge in [-0.15, -0.1) is 0 Å². The zero-order valence-electron chi connectivity index (χ0n) is 12.7. The van der Waals surface area contributed by atoms with Crippen molar-refractivity contribution in [3.63, 3.8) is 0 Å². The molecule has 3 rings (SSSR count). The molecule has 2 aromatic carbocycles. The minimum absolute atomic E-state index is 0.116. The Morgan fingerprint density at radius 1 is 0.739 bits per heavy atom. The van der Waals surface area contributed by atoms with E-state index >= 15 is 0 Å². The third kappa shape index (κ3) is 3.42. The van der Waals surface area contributed by atoms with Crippen LogP contribution in [0.5, 0.6) is 0 Å². The van der Waals surface area contributed by atoms with Gasteiger partial charge in [-0.2, -0.15) is 0 Å². The maximum Gasteiger partial charge on any atom is 0.148 e. The number of aromatic nitrogens is 1. The van der Waals surface area contributed by atoms with E-state index in [9.17, 15) is 9.67 Å². The largest absolute Gasteiger partial charge is 0.390 e. The Morgan fingerprint density at radius 3 is 1.78 bits per heavy atom. The number of hydrogen-bond acceptors (Lipinski definition) is 3. The molecule has 0 amide bonds.